The van der Waals surface area contributed by atoms with Crippen LogP contribution in [-0.4, -0.2) is 52.6 Å². The fourth-order valence-corrected chi connectivity index (χ4v) is 5.22. The molecule has 1 saturated heterocycles. The van der Waals surface area contributed by atoms with Crippen LogP contribution in [0.4, 0.5) is 21.6 Å². The molecule has 4 aromatic rings. The third-order valence-corrected chi connectivity index (χ3v) is 7.75. The van der Waals surface area contributed by atoms with Crippen molar-refractivity contribution in [3.63, 3.8) is 0 Å². The number of rotatable bonds is 9. The number of halogens is 1. The van der Waals surface area contributed by atoms with Crippen LogP contribution in [0.15, 0.2) is 71.7 Å². The van der Waals surface area contributed by atoms with Crippen LogP contribution in [0.3, 0.4) is 0 Å². The van der Waals surface area contributed by atoms with E-state index in [0.29, 0.717) is 43.2 Å². The van der Waals surface area contributed by atoms with Crippen molar-refractivity contribution in [3.8, 4) is 11.3 Å². The van der Waals surface area contributed by atoms with E-state index in [2.05, 4.69) is 22.5 Å². The molecule has 44 heavy (non-hydrogen) atoms. The number of hydrogen-bond donors (Lipinski definition) is 2. The van der Waals surface area contributed by atoms with Gasteiger partial charge in [0.25, 0.3) is 17.4 Å². The van der Waals surface area contributed by atoms with E-state index in [1.165, 1.54) is 16.7 Å². The zero-order chi connectivity index (χ0) is 31.2. The van der Waals surface area contributed by atoms with Crippen LogP contribution in [0.2, 0.25) is 0 Å². The second kappa shape index (κ2) is 13.6. The Balaban J connectivity index is 1.39. The molecule has 0 radical (unpaired) electrons. The summed E-state index contributed by atoms with van der Waals surface area (Å²) < 4.78 is 21.7. The lowest BCUT2D eigenvalue weighted by Gasteiger charge is -2.27. The van der Waals surface area contributed by atoms with Gasteiger partial charge in [0.05, 0.1) is 24.5 Å². The van der Waals surface area contributed by atoms with E-state index in [4.69, 9.17) is 4.74 Å². The molecular weight excluding hydrogens is 561 g/mol. The van der Waals surface area contributed by atoms with Gasteiger partial charge < -0.3 is 24.8 Å². The van der Waals surface area contributed by atoms with E-state index in [1.54, 1.807) is 24.2 Å². The van der Waals surface area contributed by atoms with Crippen molar-refractivity contribution in [2.24, 2.45) is 7.05 Å². The smallest absolute Gasteiger partial charge is 0.293 e. The second-order valence-electron chi connectivity index (χ2n) is 10.8. The number of carbonyl (C=O) groups is 2. The summed E-state index contributed by atoms with van der Waals surface area (Å²) in [7, 11) is 1.61. The lowest BCUT2D eigenvalue weighted by molar-refractivity contribution is 0.0300. The van der Waals surface area contributed by atoms with E-state index in [1.807, 2.05) is 49.4 Å². The Bertz CT molecular complexity index is 1750. The number of carbonyl (C=O) groups excluding carboxylic acids is 2. The number of benzene rings is 3. The zero-order valence-corrected chi connectivity index (χ0v) is 25.2. The number of nitrogens with zero attached hydrogens (tertiary/aromatic N) is 3. The van der Waals surface area contributed by atoms with Crippen LogP contribution in [0.25, 0.3) is 11.3 Å². The van der Waals surface area contributed by atoms with E-state index >= 15 is 4.39 Å². The zero-order valence-electron chi connectivity index (χ0n) is 25.2. The lowest BCUT2D eigenvalue weighted by Crippen LogP contribution is -2.41. The van der Waals surface area contributed by atoms with E-state index in [0.717, 1.165) is 36.0 Å². The molecule has 1 aliphatic heterocycles. The van der Waals surface area contributed by atoms with E-state index < -0.39 is 17.3 Å². The Hall–Kier alpha value is -4.83. The molecule has 2 heterocycles. The molecule has 228 valence electrons. The van der Waals surface area contributed by atoms with Crippen molar-refractivity contribution in [2.75, 3.05) is 36.9 Å². The minimum atomic E-state index is -0.699. The first-order valence-electron chi connectivity index (χ1n) is 14.8. The van der Waals surface area contributed by atoms with Gasteiger partial charge in [-0.2, -0.15) is 0 Å². The van der Waals surface area contributed by atoms with Crippen molar-refractivity contribution in [1.82, 2.24) is 14.5 Å². The first kappa shape index (κ1) is 30.6. The molecule has 1 fully saturated rings. The topological polar surface area (TPSA) is 106 Å². The number of nitrogens with one attached hydrogen (secondary N) is 2. The molecular formula is C34H36FN5O4. The standard InChI is InChI=1S/C34H36FN5O4/c1-4-5-9-23-10-6-7-11-26(23)32(41)38-29-13-8-12-25(22(29)2)30-21-39(3)34(43)31(37-30)36-24-14-15-27(28(35)20-24)33(42)40-16-18-44-19-17-40/h6-8,10-15,20-21H,4-5,9,16-19H2,1-3H3,(H,36,37)(H,38,41). The number of amides is 2. The first-order valence-corrected chi connectivity index (χ1v) is 14.8. The van der Waals surface area contributed by atoms with Gasteiger partial charge in [0.2, 0.25) is 0 Å². The number of unbranched alkanes of at least 4 members (excludes halogenated alkanes) is 1. The van der Waals surface area contributed by atoms with E-state index in [9.17, 15) is 14.4 Å². The number of aryl methyl sites for hydroxylation is 2. The Morgan fingerprint density at radius 2 is 1.80 bits per heavy atom. The van der Waals surface area contributed by atoms with Gasteiger partial charge in [0.1, 0.15) is 5.82 Å². The number of aromatic nitrogens is 2. The molecule has 10 heteroatoms. The van der Waals surface area contributed by atoms with Gasteiger partial charge in [0.15, 0.2) is 5.82 Å². The SMILES string of the molecule is CCCCc1ccccc1C(=O)Nc1cccc(-c2cn(C)c(=O)c(Nc3ccc(C(=O)N4CCOCC4)c(F)c3)n2)c1C. The van der Waals surface area contributed by atoms with Crippen LogP contribution < -0.4 is 16.2 Å². The normalized spacial score (nSPS) is 13.0. The number of morpholine rings is 1. The maximum absolute atomic E-state index is 15.0. The fraction of sp³-hybridized carbons (Fsp3) is 0.294. The average Bonchev–Trinajstić information content (AvgIpc) is 3.03. The molecule has 5 rings (SSSR count). The predicted molar refractivity (Wildman–Crippen MR) is 169 cm³/mol. The Morgan fingerprint density at radius 3 is 2.55 bits per heavy atom. The number of hydrogen-bond acceptors (Lipinski definition) is 6. The van der Waals surface area contributed by atoms with E-state index in [-0.39, 0.29) is 23.0 Å². The average molecular weight is 598 g/mol. The first-order chi connectivity index (χ1) is 21.3. The van der Waals surface area contributed by atoms with Crippen LogP contribution in [0.5, 0.6) is 0 Å². The Kier molecular flexibility index (Phi) is 9.50. The van der Waals surface area contributed by atoms with Crippen molar-refractivity contribution in [1.29, 1.82) is 0 Å². The van der Waals surface area contributed by atoms with Crippen molar-refractivity contribution in [3.05, 3.63) is 105 Å². The molecule has 9 nitrogen and oxygen atoms in total. The summed E-state index contributed by atoms with van der Waals surface area (Å²) in [5, 5.41) is 5.97. The Labute approximate surface area is 255 Å². The molecule has 1 aliphatic rings. The minimum absolute atomic E-state index is 0.00431. The molecule has 0 unspecified atom stereocenters. The van der Waals surface area contributed by atoms with Crippen LogP contribution >= 0.6 is 0 Å². The number of anilines is 3. The van der Waals surface area contributed by atoms with Gasteiger partial charge in [-0.15, -0.1) is 0 Å². The molecule has 0 bridgehead atoms. The van der Waals surface area contributed by atoms with Gasteiger partial charge in [0, 0.05) is 48.8 Å². The van der Waals surface area contributed by atoms with Crippen molar-refractivity contribution >= 4 is 29.0 Å². The van der Waals surface area contributed by atoms with Crippen LogP contribution in [0, 0.1) is 12.7 Å². The van der Waals surface area contributed by atoms with Gasteiger partial charge in [-0.1, -0.05) is 43.7 Å². The van der Waals surface area contributed by atoms with Crippen molar-refractivity contribution < 1.29 is 18.7 Å². The molecule has 2 amide bonds. The van der Waals surface area contributed by atoms with Gasteiger partial charge >= 0.3 is 0 Å². The highest BCUT2D eigenvalue weighted by atomic mass is 19.1. The third kappa shape index (κ3) is 6.70. The van der Waals surface area contributed by atoms with Crippen LogP contribution in [-0.2, 0) is 18.2 Å². The highest BCUT2D eigenvalue weighted by Gasteiger charge is 2.22. The van der Waals surface area contributed by atoms with Crippen molar-refractivity contribution in [2.45, 2.75) is 33.1 Å². The van der Waals surface area contributed by atoms with Gasteiger partial charge in [-0.3, -0.25) is 14.4 Å². The highest BCUT2D eigenvalue weighted by Crippen LogP contribution is 2.29. The summed E-state index contributed by atoms with van der Waals surface area (Å²) in [6.07, 6.45) is 4.48. The molecule has 0 aliphatic carbocycles. The maximum Gasteiger partial charge on any atom is 0.293 e. The second-order valence-corrected chi connectivity index (χ2v) is 10.8. The summed E-state index contributed by atoms with van der Waals surface area (Å²) in [6.45, 7) is 5.65. The summed E-state index contributed by atoms with van der Waals surface area (Å²) >= 11 is 0. The summed E-state index contributed by atoms with van der Waals surface area (Å²) in [5.41, 5.74) is 4.09. The monoisotopic (exact) mass is 597 g/mol. The maximum atomic E-state index is 15.0. The fourth-order valence-electron chi connectivity index (χ4n) is 5.22. The molecule has 1 aromatic heterocycles. The summed E-state index contributed by atoms with van der Waals surface area (Å²) in [4.78, 5) is 45.2. The lowest BCUT2D eigenvalue weighted by atomic mass is 10.0. The Morgan fingerprint density at radius 1 is 1.02 bits per heavy atom. The minimum Gasteiger partial charge on any atom is -0.378 e. The quantitative estimate of drug-likeness (QED) is 0.256. The van der Waals surface area contributed by atoms with Gasteiger partial charge in [-0.05, 0) is 61.2 Å². The van der Waals surface area contributed by atoms with Crippen LogP contribution in [0.1, 0.15) is 51.6 Å². The van der Waals surface area contributed by atoms with Gasteiger partial charge in [-0.25, -0.2) is 9.37 Å². The molecule has 3 aromatic carbocycles. The predicted octanol–water partition coefficient (Wildman–Crippen LogP) is 5.71. The molecule has 0 saturated carbocycles. The molecule has 0 spiro atoms. The number of ether oxygens (including phenoxy) is 1. The summed E-state index contributed by atoms with van der Waals surface area (Å²) in [5.74, 6) is -1.30. The summed E-state index contributed by atoms with van der Waals surface area (Å²) in [6, 6.07) is 17.3. The largest absolute Gasteiger partial charge is 0.378 e. The molecule has 0 atom stereocenters. The third-order valence-electron chi connectivity index (χ3n) is 7.75. The highest BCUT2D eigenvalue weighted by molar-refractivity contribution is 6.06. The molecule has 2 N–H and O–H groups in total.